The van der Waals surface area contributed by atoms with Crippen LogP contribution >= 0.6 is 0 Å². The summed E-state index contributed by atoms with van der Waals surface area (Å²) in [6.07, 6.45) is 27.5. The molecule has 0 amide bonds. The highest BCUT2D eigenvalue weighted by atomic mass is 16.6. The van der Waals surface area contributed by atoms with Crippen molar-refractivity contribution in [2.45, 2.75) is 110 Å². The lowest BCUT2D eigenvalue weighted by Crippen LogP contribution is -1.93. The molecule has 1 aliphatic heterocycles. The van der Waals surface area contributed by atoms with Crippen LogP contribution < -0.4 is 0 Å². The number of allylic oxidation sites excluding steroid dienone is 3. The van der Waals surface area contributed by atoms with E-state index < -0.39 is 0 Å². The van der Waals surface area contributed by atoms with Crippen molar-refractivity contribution in [2.24, 2.45) is 0 Å². The van der Waals surface area contributed by atoms with Crippen molar-refractivity contribution in [3.63, 3.8) is 0 Å². The molecule has 0 radical (unpaired) electrons. The lowest BCUT2D eigenvalue weighted by Gasteiger charge is -2.01. The average molecular weight is 307 g/mol. The molecule has 0 unspecified atom stereocenters. The summed E-state index contributed by atoms with van der Waals surface area (Å²) in [6.45, 7) is 4.46. The van der Waals surface area contributed by atoms with E-state index >= 15 is 0 Å². The standard InChI is InChI=1S/C21H38O/c1-3-5-7-9-11-12-13-15-17-19-21-20(22-21)18-16-14-10-8-6-4-2/h6,8,14,16,20-21H,3-5,7,9-13,15,17-19H2,1-2H3/b8-6-,16-14-/t20-,21+/m0/s1. The first-order valence-corrected chi connectivity index (χ1v) is 9.84. The maximum absolute atomic E-state index is 5.75. The van der Waals surface area contributed by atoms with E-state index in [-0.39, 0.29) is 0 Å². The van der Waals surface area contributed by atoms with Gasteiger partial charge >= 0.3 is 0 Å². The van der Waals surface area contributed by atoms with Gasteiger partial charge in [-0.25, -0.2) is 0 Å². The molecule has 0 aromatic heterocycles. The van der Waals surface area contributed by atoms with E-state index in [4.69, 9.17) is 4.74 Å². The van der Waals surface area contributed by atoms with Crippen LogP contribution in [0.15, 0.2) is 24.3 Å². The maximum Gasteiger partial charge on any atom is 0.0876 e. The van der Waals surface area contributed by atoms with Crippen LogP contribution in [0.25, 0.3) is 0 Å². The minimum atomic E-state index is 0.528. The Labute approximate surface area is 139 Å². The van der Waals surface area contributed by atoms with Crippen LogP contribution in [0.3, 0.4) is 0 Å². The highest BCUT2D eigenvalue weighted by Gasteiger charge is 2.36. The van der Waals surface area contributed by atoms with Crippen molar-refractivity contribution in [1.29, 1.82) is 0 Å². The molecule has 128 valence electrons. The maximum atomic E-state index is 5.75. The third-order valence-corrected chi connectivity index (χ3v) is 4.49. The van der Waals surface area contributed by atoms with Crippen molar-refractivity contribution in [2.75, 3.05) is 0 Å². The van der Waals surface area contributed by atoms with Gasteiger partial charge in [-0.05, 0) is 25.7 Å². The van der Waals surface area contributed by atoms with Gasteiger partial charge in [-0.3, -0.25) is 0 Å². The van der Waals surface area contributed by atoms with Crippen LogP contribution in [0.2, 0.25) is 0 Å². The lowest BCUT2D eigenvalue weighted by molar-refractivity contribution is 0.358. The Morgan fingerprint density at radius 1 is 0.682 bits per heavy atom. The van der Waals surface area contributed by atoms with Gasteiger partial charge < -0.3 is 4.74 Å². The fraction of sp³-hybridized carbons (Fsp3) is 0.810. The summed E-state index contributed by atoms with van der Waals surface area (Å²) >= 11 is 0. The van der Waals surface area contributed by atoms with Gasteiger partial charge in [0, 0.05) is 0 Å². The molecule has 22 heavy (non-hydrogen) atoms. The zero-order valence-electron chi connectivity index (χ0n) is 15.1. The van der Waals surface area contributed by atoms with Crippen molar-refractivity contribution in [3.8, 4) is 0 Å². The van der Waals surface area contributed by atoms with E-state index in [1.807, 2.05) is 0 Å². The molecule has 1 saturated heterocycles. The first-order valence-electron chi connectivity index (χ1n) is 9.84. The molecular formula is C21H38O. The lowest BCUT2D eigenvalue weighted by atomic mass is 10.0. The molecule has 1 heterocycles. The summed E-state index contributed by atoms with van der Waals surface area (Å²) in [5, 5.41) is 0. The molecule has 1 nitrogen and oxygen atoms in total. The summed E-state index contributed by atoms with van der Waals surface area (Å²) in [4.78, 5) is 0. The average Bonchev–Trinajstić information content (AvgIpc) is 3.27. The first-order chi connectivity index (χ1) is 10.9. The molecule has 1 aliphatic rings. The smallest absolute Gasteiger partial charge is 0.0876 e. The monoisotopic (exact) mass is 306 g/mol. The van der Waals surface area contributed by atoms with Crippen molar-refractivity contribution >= 4 is 0 Å². The van der Waals surface area contributed by atoms with Crippen LogP contribution in [0.1, 0.15) is 97.3 Å². The first kappa shape index (κ1) is 19.5. The zero-order valence-corrected chi connectivity index (χ0v) is 15.1. The molecule has 0 aromatic carbocycles. The molecule has 0 bridgehead atoms. The van der Waals surface area contributed by atoms with Crippen LogP contribution in [0, 0.1) is 0 Å². The minimum absolute atomic E-state index is 0.528. The molecule has 1 rings (SSSR count). The van der Waals surface area contributed by atoms with Gasteiger partial charge in [-0.1, -0.05) is 95.9 Å². The fourth-order valence-corrected chi connectivity index (χ4v) is 2.96. The Morgan fingerprint density at radius 3 is 2.00 bits per heavy atom. The molecule has 0 aromatic rings. The van der Waals surface area contributed by atoms with Crippen LogP contribution in [0.4, 0.5) is 0 Å². The number of unbranched alkanes of at least 4 members (excludes halogenated alkanes) is 8. The normalized spacial score (nSPS) is 21.2. The quantitative estimate of drug-likeness (QED) is 0.181. The fourth-order valence-electron chi connectivity index (χ4n) is 2.96. The predicted octanol–water partition coefficient (Wildman–Crippen LogP) is 6.98. The Hall–Kier alpha value is -0.560. The van der Waals surface area contributed by atoms with Crippen LogP contribution in [0.5, 0.6) is 0 Å². The van der Waals surface area contributed by atoms with Gasteiger partial charge in [-0.2, -0.15) is 0 Å². The topological polar surface area (TPSA) is 12.5 Å². The number of ether oxygens (including phenoxy) is 1. The van der Waals surface area contributed by atoms with E-state index in [0.717, 1.165) is 19.3 Å². The zero-order chi connectivity index (χ0) is 15.9. The Balaban J connectivity index is 1.81. The summed E-state index contributed by atoms with van der Waals surface area (Å²) in [5.74, 6) is 0. The molecule has 1 heteroatoms. The molecule has 0 N–H and O–H groups in total. The molecule has 0 saturated carbocycles. The van der Waals surface area contributed by atoms with Crippen molar-refractivity contribution in [3.05, 3.63) is 24.3 Å². The van der Waals surface area contributed by atoms with Gasteiger partial charge in [-0.15, -0.1) is 0 Å². The summed E-state index contributed by atoms with van der Waals surface area (Å²) in [5.41, 5.74) is 0. The van der Waals surface area contributed by atoms with Gasteiger partial charge in [0.2, 0.25) is 0 Å². The number of rotatable bonds is 15. The molecule has 2 atom stereocenters. The highest BCUT2D eigenvalue weighted by molar-refractivity contribution is 4.97. The predicted molar refractivity (Wildman–Crippen MR) is 98.3 cm³/mol. The number of epoxide rings is 1. The Kier molecular flexibility index (Phi) is 12.5. The van der Waals surface area contributed by atoms with E-state index in [1.165, 1.54) is 64.2 Å². The number of hydrogen-bond acceptors (Lipinski definition) is 1. The Morgan fingerprint density at radius 2 is 1.32 bits per heavy atom. The molecule has 0 aliphatic carbocycles. The van der Waals surface area contributed by atoms with Crippen LogP contribution in [-0.4, -0.2) is 12.2 Å². The van der Waals surface area contributed by atoms with E-state index in [1.54, 1.807) is 0 Å². The van der Waals surface area contributed by atoms with E-state index in [9.17, 15) is 0 Å². The second kappa shape index (κ2) is 14.1. The van der Waals surface area contributed by atoms with Crippen LogP contribution in [-0.2, 0) is 4.74 Å². The third kappa shape index (κ3) is 11.1. The molecule has 1 fully saturated rings. The summed E-state index contributed by atoms with van der Waals surface area (Å²) in [6, 6.07) is 0. The summed E-state index contributed by atoms with van der Waals surface area (Å²) < 4.78 is 5.75. The SMILES string of the molecule is CC/C=C\C/C=C\C[C@@H]1O[C@@H]1CCCCCCCCCCC. The molecule has 0 spiro atoms. The minimum Gasteiger partial charge on any atom is -0.369 e. The Bertz CT molecular complexity index is 292. The summed E-state index contributed by atoms with van der Waals surface area (Å²) in [7, 11) is 0. The van der Waals surface area contributed by atoms with Gasteiger partial charge in [0.05, 0.1) is 12.2 Å². The van der Waals surface area contributed by atoms with E-state index in [2.05, 4.69) is 38.2 Å². The van der Waals surface area contributed by atoms with E-state index in [0.29, 0.717) is 12.2 Å². The van der Waals surface area contributed by atoms with Crippen molar-refractivity contribution in [1.82, 2.24) is 0 Å². The number of hydrogen-bond donors (Lipinski definition) is 0. The van der Waals surface area contributed by atoms with Gasteiger partial charge in [0.25, 0.3) is 0 Å². The molecular weight excluding hydrogens is 268 g/mol. The van der Waals surface area contributed by atoms with Gasteiger partial charge in [0.1, 0.15) is 0 Å². The van der Waals surface area contributed by atoms with Crippen molar-refractivity contribution < 1.29 is 4.74 Å². The highest BCUT2D eigenvalue weighted by Crippen LogP contribution is 2.30. The largest absolute Gasteiger partial charge is 0.369 e. The van der Waals surface area contributed by atoms with Gasteiger partial charge in [0.15, 0.2) is 0 Å². The third-order valence-electron chi connectivity index (χ3n) is 4.49. The second-order valence-electron chi connectivity index (χ2n) is 6.65. The second-order valence-corrected chi connectivity index (χ2v) is 6.65.